The van der Waals surface area contributed by atoms with E-state index in [0.717, 1.165) is 36.1 Å². The average Bonchev–Trinajstić information content (AvgIpc) is 2.78. The van der Waals surface area contributed by atoms with E-state index in [9.17, 15) is 0 Å². The van der Waals surface area contributed by atoms with E-state index in [2.05, 4.69) is 29.4 Å². The summed E-state index contributed by atoms with van der Waals surface area (Å²) in [5, 5.41) is 14.0. The van der Waals surface area contributed by atoms with Crippen molar-refractivity contribution in [2.75, 3.05) is 13.2 Å². The highest BCUT2D eigenvalue weighted by atomic mass is 32.1. The number of hydrogen-bond donors (Lipinski definition) is 1. The molecule has 4 nitrogen and oxygen atoms in total. The van der Waals surface area contributed by atoms with Crippen LogP contribution in [0.2, 0.25) is 0 Å². The van der Waals surface area contributed by atoms with Crippen LogP contribution in [0.1, 0.15) is 49.2 Å². The van der Waals surface area contributed by atoms with Gasteiger partial charge in [0.1, 0.15) is 16.1 Å². The van der Waals surface area contributed by atoms with Gasteiger partial charge in [0, 0.05) is 13.2 Å². The number of ether oxygens (including phenoxy) is 1. The first-order valence-corrected chi connectivity index (χ1v) is 7.22. The molecule has 0 aromatic carbocycles. The molecule has 0 amide bonds. The van der Waals surface area contributed by atoms with Crippen molar-refractivity contribution in [3.63, 3.8) is 0 Å². The molecule has 1 aromatic heterocycles. The predicted octanol–water partition coefficient (Wildman–Crippen LogP) is 2.53. The minimum absolute atomic E-state index is 0.195. The van der Waals surface area contributed by atoms with Crippen molar-refractivity contribution < 1.29 is 4.74 Å². The third kappa shape index (κ3) is 4.01. The van der Waals surface area contributed by atoms with E-state index in [-0.39, 0.29) is 6.10 Å². The van der Waals surface area contributed by atoms with E-state index in [4.69, 9.17) is 4.74 Å². The van der Waals surface area contributed by atoms with Gasteiger partial charge < -0.3 is 10.1 Å². The first-order chi connectivity index (χ1) is 8.25. The van der Waals surface area contributed by atoms with Gasteiger partial charge >= 0.3 is 0 Å². The molecule has 0 saturated carbocycles. The van der Waals surface area contributed by atoms with Crippen LogP contribution in [0, 0.1) is 5.92 Å². The van der Waals surface area contributed by atoms with E-state index < -0.39 is 0 Å². The molecule has 1 N–H and O–H groups in total. The molecular formula is C12H21N3OS. The maximum atomic E-state index is 5.71. The maximum Gasteiger partial charge on any atom is 0.146 e. The van der Waals surface area contributed by atoms with Gasteiger partial charge in [-0.1, -0.05) is 25.2 Å². The minimum Gasteiger partial charge on any atom is -0.371 e. The van der Waals surface area contributed by atoms with Crippen LogP contribution in [0.15, 0.2) is 0 Å². The Bertz CT molecular complexity index is 334. The van der Waals surface area contributed by atoms with E-state index in [0.29, 0.717) is 5.92 Å². The van der Waals surface area contributed by atoms with Crippen LogP contribution in [-0.4, -0.2) is 23.3 Å². The molecule has 1 aliphatic heterocycles. The molecule has 0 bridgehead atoms. The molecule has 1 unspecified atom stereocenters. The second-order valence-corrected chi connectivity index (χ2v) is 6.01. The predicted molar refractivity (Wildman–Crippen MR) is 69.0 cm³/mol. The molecule has 1 aliphatic rings. The summed E-state index contributed by atoms with van der Waals surface area (Å²) in [5.41, 5.74) is 0. The highest BCUT2D eigenvalue weighted by Gasteiger charge is 2.20. The first kappa shape index (κ1) is 12.9. The van der Waals surface area contributed by atoms with Crippen LogP contribution >= 0.6 is 11.3 Å². The van der Waals surface area contributed by atoms with Gasteiger partial charge in [0.2, 0.25) is 0 Å². The quantitative estimate of drug-likeness (QED) is 0.878. The van der Waals surface area contributed by atoms with Crippen LogP contribution in [0.25, 0.3) is 0 Å². The number of nitrogens with one attached hydrogen (secondary N) is 1. The summed E-state index contributed by atoms with van der Waals surface area (Å²) in [7, 11) is 0. The third-order valence-electron chi connectivity index (χ3n) is 2.77. The highest BCUT2D eigenvalue weighted by molar-refractivity contribution is 7.11. The molecular weight excluding hydrogens is 234 g/mol. The molecule has 1 saturated heterocycles. The standard InChI is InChI=1S/C12H21N3OS/c1-9(2)7-13-8-11-14-15-12(17-11)10-5-3-4-6-16-10/h9-10,13H,3-8H2,1-2H3. The summed E-state index contributed by atoms with van der Waals surface area (Å²) >= 11 is 1.68. The SMILES string of the molecule is CC(C)CNCc1nnc(C2CCCCO2)s1. The van der Waals surface area contributed by atoms with Crippen LogP contribution in [0.4, 0.5) is 0 Å². The summed E-state index contributed by atoms with van der Waals surface area (Å²) in [6, 6.07) is 0. The molecule has 17 heavy (non-hydrogen) atoms. The molecule has 0 spiro atoms. The maximum absolute atomic E-state index is 5.71. The van der Waals surface area contributed by atoms with Gasteiger partial charge in [-0.2, -0.15) is 0 Å². The zero-order valence-electron chi connectivity index (χ0n) is 10.6. The Kier molecular flexibility index (Phi) is 4.88. The number of nitrogens with zero attached hydrogens (tertiary/aromatic N) is 2. The summed E-state index contributed by atoms with van der Waals surface area (Å²) in [6.07, 6.45) is 3.71. The van der Waals surface area contributed by atoms with E-state index in [1.807, 2.05) is 0 Å². The Balaban J connectivity index is 1.82. The van der Waals surface area contributed by atoms with Crippen molar-refractivity contribution in [3.8, 4) is 0 Å². The van der Waals surface area contributed by atoms with Crippen molar-refractivity contribution in [3.05, 3.63) is 10.0 Å². The molecule has 1 fully saturated rings. The van der Waals surface area contributed by atoms with E-state index in [1.54, 1.807) is 11.3 Å². The van der Waals surface area contributed by atoms with Crippen molar-refractivity contribution >= 4 is 11.3 Å². The monoisotopic (exact) mass is 255 g/mol. The molecule has 5 heteroatoms. The van der Waals surface area contributed by atoms with Crippen LogP contribution in [-0.2, 0) is 11.3 Å². The lowest BCUT2D eigenvalue weighted by Gasteiger charge is -2.19. The number of hydrogen-bond acceptors (Lipinski definition) is 5. The molecule has 1 atom stereocenters. The smallest absolute Gasteiger partial charge is 0.146 e. The lowest BCUT2D eigenvalue weighted by Crippen LogP contribution is -2.18. The summed E-state index contributed by atoms with van der Waals surface area (Å²) in [4.78, 5) is 0. The number of rotatable bonds is 5. The van der Waals surface area contributed by atoms with Gasteiger partial charge in [-0.3, -0.25) is 0 Å². The van der Waals surface area contributed by atoms with Gasteiger partial charge in [-0.25, -0.2) is 0 Å². The topological polar surface area (TPSA) is 47.0 Å². The molecule has 0 aliphatic carbocycles. The lowest BCUT2D eigenvalue weighted by molar-refractivity contribution is 0.0144. The largest absolute Gasteiger partial charge is 0.371 e. The van der Waals surface area contributed by atoms with Crippen molar-refractivity contribution in [1.29, 1.82) is 0 Å². The van der Waals surface area contributed by atoms with Crippen molar-refractivity contribution in [1.82, 2.24) is 15.5 Å². The van der Waals surface area contributed by atoms with Gasteiger partial charge in [0.25, 0.3) is 0 Å². The second-order valence-electron chi connectivity index (χ2n) is 4.91. The minimum atomic E-state index is 0.195. The number of aromatic nitrogens is 2. The van der Waals surface area contributed by atoms with Crippen molar-refractivity contribution in [2.24, 2.45) is 5.92 Å². The first-order valence-electron chi connectivity index (χ1n) is 6.40. The fourth-order valence-corrected chi connectivity index (χ4v) is 2.77. The molecule has 1 aromatic rings. The van der Waals surface area contributed by atoms with Gasteiger partial charge in [-0.05, 0) is 31.7 Å². The molecule has 96 valence electrons. The Morgan fingerprint density at radius 2 is 2.29 bits per heavy atom. The van der Waals surface area contributed by atoms with Gasteiger partial charge in [0.05, 0.1) is 0 Å². The Hall–Kier alpha value is -0.520. The van der Waals surface area contributed by atoms with Gasteiger partial charge in [0.15, 0.2) is 0 Å². The Morgan fingerprint density at radius 1 is 1.41 bits per heavy atom. The normalized spacial score (nSPS) is 21.0. The second kappa shape index (κ2) is 6.42. The summed E-state index contributed by atoms with van der Waals surface area (Å²) in [6.45, 7) is 7.12. The lowest BCUT2D eigenvalue weighted by atomic mass is 10.1. The van der Waals surface area contributed by atoms with Crippen LogP contribution in [0.3, 0.4) is 0 Å². The fourth-order valence-electron chi connectivity index (χ4n) is 1.87. The van der Waals surface area contributed by atoms with Crippen LogP contribution < -0.4 is 5.32 Å². The van der Waals surface area contributed by atoms with Crippen molar-refractivity contribution in [2.45, 2.75) is 45.8 Å². The zero-order valence-corrected chi connectivity index (χ0v) is 11.4. The fraction of sp³-hybridized carbons (Fsp3) is 0.833. The van der Waals surface area contributed by atoms with E-state index in [1.165, 1.54) is 12.8 Å². The van der Waals surface area contributed by atoms with E-state index >= 15 is 0 Å². The summed E-state index contributed by atoms with van der Waals surface area (Å²) in [5.74, 6) is 0.670. The third-order valence-corrected chi connectivity index (χ3v) is 3.78. The zero-order chi connectivity index (χ0) is 12.1. The molecule has 2 heterocycles. The highest BCUT2D eigenvalue weighted by Crippen LogP contribution is 2.29. The Morgan fingerprint density at radius 3 is 3.00 bits per heavy atom. The summed E-state index contributed by atoms with van der Waals surface area (Å²) < 4.78 is 5.71. The molecule has 0 radical (unpaired) electrons. The van der Waals surface area contributed by atoms with Crippen LogP contribution in [0.5, 0.6) is 0 Å². The molecule has 2 rings (SSSR count). The average molecular weight is 255 g/mol. The Labute approximate surface area is 107 Å². The van der Waals surface area contributed by atoms with Gasteiger partial charge in [-0.15, -0.1) is 10.2 Å².